The van der Waals surface area contributed by atoms with Crippen molar-refractivity contribution in [1.82, 2.24) is 5.32 Å². The van der Waals surface area contributed by atoms with Gasteiger partial charge in [-0.15, -0.1) is 0 Å². The summed E-state index contributed by atoms with van der Waals surface area (Å²) in [7, 11) is 1.66. The first kappa shape index (κ1) is 16.4. The summed E-state index contributed by atoms with van der Waals surface area (Å²) >= 11 is 3.42. The molecule has 1 rings (SSSR count). The van der Waals surface area contributed by atoms with Gasteiger partial charge in [-0.25, -0.2) is 0 Å². The normalized spacial score (nSPS) is 12.4. The van der Waals surface area contributed by atoms with E-state index >= 15 is 0 Å². The van der Waals surface area contributed by atoms with Crippen LogP contribution in [0.2, 0.25) is 0 Å². The van der Waals surface area contributed by atoms with E-state index in [2.05, 4.69) is 21.2 Å². The highest BCUT2D eigenvalue weighted by Crippen LogP contribution is 2.29. The Hall–Kier alpha value is -0.660. The molecule has 108 valence electrons. The van der Waals surface area contributed by atoms with Gasteiger partial charge in [-0.2, -0.15) is 0 Å². The monoisotopic (exact) mass is 333 g/mol. The summed E-state index contributed by atoms with van der Waals surface area (Å²) in [4.78, 5) is 0. The highest BCUT2D eigenvalue weighted by molar-refractivity contribution is 9.10. The zero-order valence-corrected chi connectivity index (χ0v) is 12.5. The lowest BCUT2D eigenvalue weighted by Gasteiger charge is -2.15. The minimum absolute atomic E-state index is 0.0597. The molecule has 1 unspecified atom stereocenters. The lowest BCUT2D eigenvalue weighted by atomic mass is 10.2. The van der Waals surface area contributed by atoms with E-state index in [1.54, 1.807) is 7.11 Å². The zero-order chi connectivity index (χ0) is 14.1. The predicted molar refractivity (Wildman–Crippen MR) is 76.3 cm³/mol. The Morgan fingerprint density at radius 3 is 2.89 bits per heavy atom. The molecule has 0 bridgehead atoms. The second kappa shape index (κ2) is 9.28. The topological polar surface area (TPSA) is 71.0 Å². The van der Waals surface area contributed by atoms with Crippen LogP contribution in [0, 0.1) is 0 Å². The number of hydrogen-bond donors (Lipinski definition) is 3. The van der Waals surface area contributed by atoms with Crippen LogP contribution in [0.3, 0.4) is 0 Å². The second-order valence-electron chi connectivity index (χ2n) is 4.05. The summed E-state index contributed by atoms with van der Waals surface area (Å²) in [5.41, 5.74) is 0.982. The molecular weight excluding hydrogens is 314 g/mol. The van der Waals surface area contributed by atoms with E-state index in [0.717, 1.165) is 16.6 Å². The predicted octanol–water partition coefficient (Wildman–Crippen LogP) is 0.917. The van der Waals surface area contributed by atoms with Gasteiger partial charge in [-0.05, 0) is 22.0 Å². The van der Waals surface area contributed by atoms with Crippen molar-refractivity contribution in [1.29, 1.82) is 0 Å². The molecule has 3 N–H and O–H groups in total. The van der Waals surface area contributed by atoms with Gasteiger partial charge in [0, 0.05) is 25.8 Å². The molecule has 0 radical (unpaired) electrons. The van der Waals surface area contributed by atoms with Crippen molar-refractivity contribution in [2.24, 2.45) is 0 Å². The SMILES string of the molecule is COCCNCc1cccc(Br)c1OCC(O)CO. The van der Waals surface area contributed by atoms with Crippen LogP contribution in [0.4, 0.5) is 0 Å². The van der Waals surface area contributed by atoms with Crippen LogP contribution in [0.1, 0.15) is 5.56 Å². The Morgan fingerprint density at radius 2 is 2.21 bits per heavy atom. The third-order valence-corrected chi connectivity index (χ3v) is 3.10. The van der Waals surface area contributed by atoms with Crippen molar-refractivity contribution in [2.45, 2.75) is 12.6 Å². The lowest BCUT2D eigenvalue weighted by molar-refractivity contribution is 0.0530. The number of halogens is 1. The Morgan fingerprint density at radius 1 is 1.42 bits per heavy atom. The van der Waals surface area contributed by atoms with Crippen LogP contribution in [0.25, 0.3) is 0 Å². The number of ether oxygens (including phenoxy) is 2. The number of aliphatic hydroxyl groups excluding tert-OH is 2. The fourth-order valence-electron chi connectivity index (χ4n) is 1.48. The average molecular weight is 334 g/mol. The third-order valence-electron chi connectivity index (χ3n) is 2.48. The summed E-state index contributed by atoms with van der Waals surface area (Å²) < 4.78 is 11.3. The van der Waals surface area contributed by atoms with E-state index < -0.39 is 6.10 Å². The van der Waals surface area contributed by atoms with Gasteiger partial charge in [0.1, 0.15) is 18.5 Å². The van der Waals surface area contributed by atoms with Gasteiger partial charge in [-0.3, -0.25) is 0 Å². The molecule has 0 fully saturated rings. The van der Waals surface area contributed by atoms with Crippen molar-refractivity contribution >= 4 is 15.9 Å². The minimum atomic E-state index is -0.874. The van der Waals surface area contributed by atoms with Crippen molar-refractivity contribution in [3.05, 3.63) is 28.2 Å². The summed E-state index contributed by atoms with van der Waals surface area (Å²) in [5.74, 6) is 0.680. The van der Waals surface area contributed by atoms with Crippen molar-refractivity contribution in [2.75, 3.05) is 33.5 Å². The average Bonchev–Trinajstić information content (AvgIpc) is 2.42. The van der Waals surface area contributed by atoms with Gasteiger partial charge in [0.2, 0.25) is 0 Å². The van der Waals surface area contributed by atoms with Crippen molar-refractivity contribution < 1.29 is 19.7 Å². The molecule has 0 aliphatic carbocycles. The fraction of sp³-hybridized carbons (Fsp3) is 0.538. The Bertz CT molecular complexity index is 376. The maximum Gasteiger partial charge on any atom is 0.138 e. The number of methoxy groups -OCH3 is 1. The van der Waals surface area contributed by atoms with E-state index in [1.807, 2.05) is 18.2 Å². The molecular formula is C13H20BrNO4. The van der Waals surface area contributed by atoms with E-state index in [4.69, 9.17) is 14.6 Å². The number of hydrogen-bond acceptors (Lipinski definition) is 5. The maximum absolute atomic E-state index is 9.32. The quantitative estimate of drug-likeness (QED) is 0.586. The first-order valence-corrected chi connectivity index (χ1v) is 6.87. The van der Waals surface area contributed by atoms with Gasteiger partial charge in [-0.1, -0.05) is 12.1 Å². The fourth-order valence-corrected chi connectivity index (χ4v) is 2.01. The van der Waals surface area contributed by atoms with Crippen LogP contribution >= 0.6 is 15.9 Å². The maximum atomic E-state index is 9.32. The number of aliphatic hydroxyl groups is 2. The van der Waals surface area contributed by atoms with Crippen LogP contribution in [0.15, 0.2) is 22.7 Å². The molecule has 0 saturated heterocycles. The molecule has 0 spiro atoms. The first-order valence-electron chi connectivity index (χ1n) is 6.07. The number of nitrogens with one attached hydrogen (secondary N) is 1. The van der Waals surface area contributed by atoms with Crippen molar-refractivity contribution in [3.8, 4) is 5.75 Å². The molecule has 0 saturated carbocycles. The molecule has 0 aliphatic heterocycles. The van der Waals surface area contributed by atoms with E-state index in [-0.39, 0.29) is 13.2 Å². The Balaban J connectivity index is 2.61. The third kappa shape index (κ3) is 5.88. The van der Waals surface area contributed by atoms with Gasteiger partial charge in [0.25, 0.3) is 0 Å². The Kier molecular flexibility index (Phi) is 8.00. The number of para-hydroxylation sites is 1. The molecule has 1 aromatic rings. The second-order valence-corrected chi connectivity index (χ2v) is 4.90. The molecule has 6 heteroatoms. The first-order chi connectivity index (χ1) is 9.19. The van der Waals surface area contributed by atoms with Gasteiger partial charge in [0.15, 0.2) is 0 Å². The smallest absolute Gasteiger partial charge is 0.138 e. The van der Waals surface area contributed by atoms with Gasteiger partial charge < -0.3 is 25.0 Å². The van der Waals surface area contributed by atoms with E-state index in [1.165, 1.54) is 0 Å². The van der Waals surface area contributed by atoms with Crippen molar-refractivity contribution in [3.63, 3.8) is 0 Å². The molecule has 5 nitrogen and oxygen atoms in total. The largest absolute Gasteiger partial charge is 0.489 e. The lowest BCUT2D eigenvalue weighted by Crippen LogP contribution is -2.23. The number of benzene rings is 1. The molecule has 1 aromatic carbocycles. The van der Waals surface area contributed by atoms with Crippen LogP contribution < -0.4 is 10.1 Å². The summed E-state index contributed by atoms with van der Waals surface area (Å²) in [5, 5.41) is 21.3. The summed E-state index contributed by atoms with van der Waals surface area (Å²) in [6, 6.07) is 5.75. The molecule has 1 atom stereocenters. The van der Waals surface area contributed by atoms with E-state index in [9.17, 15) is 5.11 Å². The molecule has 0 aromatic heterocycles. The minimum Gasteiger partial charge on any atom is -0.489 e. The zero-order valence-electron chi connectivity index (χ0n) is 10.9. The standard InChI is InChI=1S/C13H20BrNO4/c1-18-6-5-15-7-10-3-2-4-12(14)13(10)19-9-11(17)8-16/h2-4,11,15-17H,5-9H2,1H3. The summed E-state index contributed by atoms with van der Waals surface area (Å²) in [6.07, 6.45) is -0.874. The Labute approximate surface area is 121 Å². The van der Waals surface area contributed by atoms with Crippen LogP contribution in [-0.2, 0) is 11.3 Å². The number of rotatable bonds is 9. The summed E-state index contributed by atoms with van der Waals surface area (Å²) in [6.45, 7) is 1.79. The highest BCUT2D eigenvalue weighted by Gasteiger charge is 2.10. The molecule has 0 amide bonds. The molecule has 0 aliphatic rings. The van der Waals surface area contributed by atoms with Crippen LogP contribution in [-0.4, -0.2) is 49.8 Å². The highest BCUT2D eigenvalue weighted by atomic mass is 79.9. The van der Waals surface area contributed by atoms with Crippen LogP contribution in [0.5, 0.6) is 5.75 Å². The van der Waals surface area contributed by atoms with Gasteiger partial charge in [0.05, 0.1) is 17.7 Å². The molecule has 19 heavy (non-hydrogen) atoms. The van der Waals surface area contributed by atoms with Gasteiger partial charge >= 0.3 is 0 Å². The van der Waals surface area contributed by atoms with E-state index in [0.29, 0.717) is 18.9 Å². The molecule has 0 heterocycles.